The van der Waals surface area contributed by atoms with Gasteiger partial charge in [0.1, 0.15) is 5.78 Å². The van der Waals surface area contributed by atoms with Gasteiger partial charge in [0.05, 0.1) is 12.7 Å². The van der Waals surface area contributed by atoms with Crippen LogP contribution in [0.15, 0.2) is 12.2 Å². The number of aliphatic hydroxyl groups excluding tert-OH is 2. The first kappa shape index (κ1) is 17.3. The van der Waals surface area contributed by atoms with Crippen LogP contribution < -0.4 is 0 Å². The molecule has 1 atom stereocenters. The van der Waals surface area contributed by atoms with Crippen molar-refractivity contribution in [1.29, 1.82) is 0 Å². The van der Waals surface area contributed by atoms with E-state index in [0.29, 0.717) is 12.8 Å². The van der Waals surface area contributed by atoms with Gasteiger partial charge in [0.2, 0.25) is 0 Å². The molecule has 3 heteroatoms. The second-order valence-corrected chi connectivity index (χ2v) is 4.77. The monoisotopic (exact) mass is 256 g/mol. The normalized spacial score (nSPS) is 13.1. The number of allylic oxidation sites excluding steroid dienone is 1. The van der Waals surface area contributed by atoms with Crippen molar-refractivity contribution in [2.75, 3.05) is 6.61 Å². The Bertz CT molecular complexity index is 224. The van der Waals surface area contributed by atoms with Gasteiger partial charge >= 0.3 is 0 Å². The molecular formula is C15H28O3. The largest absolute Gasteiger partial charge is 0.393 e. The molecule has 0 radical (unpaired) electrons. The Morgan fingerprint density at radius 2 is 1.78 bits per heavy atom. The van der Waals surface area contributed by atoms with Crippen LogP contribution in [-0.2, 0) is 4.79 Å². The molecule has 0 amide bonds. The lowest BCUT2D eigenvalue weighted by molar-refractivity contribution is -0.119. The smallest absolute Gasteiger partial charge is 0.132 e. The van der Waals surface area contributed by atoms with Crippen molar-refractivity contribution in [3.8, 4) is 0 Å². The highest BCUT2D eigenvalue weighted by molar-refractivity contribution is 5.78. The molecule has 0 spiro atoms. The highest BCUT2D eigenvalue weighted by atomic mass is 16.3. The Labute approximate surface area is 111 Å². The van der Waals surface area contributed by atoms with E-state index in [2.05, 4.69) is 6.92 Å². The molecule has 0 aliphatic rings. The summed E-state index contributed by atoms with van der Waals surface area (Å²) in [5, 5.41) is 18.1. The van der Waals surface area contributed by atoms with Gasteiger partial charge in [-0.05, 0) is 32.1 Å². The molecule has 0 saturated heterocycles. The summed E-state index contributed by atoms with van der Waals surface area (Å²) in [4.78, 5) is 11.5. The number of ketones is 1. The maximum atomic E-state index is 11.5. The fourth-order valence-corrected chi connectivity index (χ4v) is 1.85. The number of aliphatic hydroxyl groups is 2. The lowest BCUT2D eigenvalue weighted by Gasteiger charge is -2.08. The van der Waals surface area contributed by atoms with E-state index < -0.39 is 0 Å². The topological polar surface area (TPSA) is 57.5 Å². The summed E-state index contributed by atoms with van der Waals surface area (Å²) >= 11 is 0. The minimum absolute atomic E-state index is 0.0730. The van der Waals surface area contributed by atoms with E-state index in [9.17, 15) is 9.90 Å². The summed E-state index contributed by atoms with van der Waals surface area (Å²) in [6, 6.07) is 0. The standard InChI is InChI=1S/C15H28O3/c1-2-3-9-14(17)11-8-12-15(18)10-6-4-5-7-13-16/h5,7,14,16-17H,2-4,6,8-13H2,1H3/b7-5+. The molecule has 0 aliphatic carbocycles. The summed E-state index contributed by atoms with van der Waals surface area (Å²) in [7, 11) is 0. The molecule has 0 heterocycles. The van der Waals surface area contributed by atoms with E-state index in [1.807, 2.05) is 6.08 Å². The maximum Gasteiger partial charge on any atom is 0.132 e. The first-order valence-electron chi connectivity index (χ1n) is 7.16. The van der Waals surface area contributed by atoms with Crippen LogP contribution in [0, 0.1) is 0 Å². The fourth-order valence-electron chi connectivity index (χ4n) is 1.85. The van der Waals surface area contributed by atoms with E-state index in [4.69, 9.17) is 5.11 Å². The first-order chi connectivity index (χ1) is 8.70. The summed E-state index contributed by atoms with van der Waals surface area (Å²) in [5.74, 6) is 0.287. The molecule has 0 aromatic carbocycles. The van der Waals surface area contributed by atoms with Crippen LogP contribution in [0.5, 0.6) is 0 Å². The van der Waals surface area contributed by atoms with Crippen molar-refractivity contribution in [1.82, 2.24) is 0 Å². The van der Waals surface area contributed by atoms with Crippen LogP contribution in [0.2, 0.25) is 0 Å². The predicted molar refractivity (Wildman–Crippen MR) is 74.5 cm³/mol. The van der Waals surface area contributed by atoms with E-state index in [-0.39, 0.29) is 18.5 Å². The molecule has 2 N–H and O–H groups in total. The molecular weight excluding hydrogens is 228 g/mol. The Hall–Kier alpha value is -0.670. The van der Waals surface area contributed by atoms with Crippen LogP contribution in [0.25, 0.3) is 0 Å². The number of Topliss-reactive ketones (excluding diaryl/α,β-unsaturated/α-hetero) is 1. The van der Waals surface area contributed by atoms with Gasteiger partial charge in [-0.15, -0.1) is 0 Å². The Morgan fingerprint density at radius 1 is 1.11 bits per heavy atom. The second-order valence-electron chi connectivity index (χ2n) is 4.77. The lowest BCUT2D eigenvalue weighted by Crippen LogP contribution is -2.07. The van der Waals surface area contributed by atoms with Crippen LogP contribution in [-0.4, -0.2) is 28.7 Å². The Balaban J connectivity index is 3.39. The zero-order chi connectivity index (χ0) is 13.6. The number of hydrogen-bond acceptors (Lipinski definition) is 3. The molecule has 0 saturated carbocycles. The van der Waals surface area contributed by atoms with Gasteiger partial charge < -0.3 is 10.2 Å². The van der Waals surface area contributed by atoms with Crippen molar-refractivity contribution in [2.24, 2.45) is 0 Å². The van der Waals surface area contributed by atoms with Gasteiger partial charge in [0, 0.05) is 12.8 Å². The highest BCUT2D eigenvalue weighted by Gasteiger charge is 2.06. The zero-order valence-electron chi connectivity index (χ0n) is 11.6. The van der Waals surface area contributed by atoms with Crippen molar-refractivity contribution in [3.63, 3.8) is 0 Å². The first-order valence-corrected chi connectivity index (χ1v) is 7.16. The highest BCUT2D eigenvalue weighted by Crippen LogP contribution is 2.10. The van der Waals surface area contributed by atoms with Gasteiger partial charge in [0.15, 0.2) is 0 Å². The molecule has 0 fully saturated rings. The lowest BCUT2D eigenvalue weighted by atomic mass is 10.0. The van der Waals surface area contributed by atoms with E-state index in [0.717, 1.165) is 44.9 Å². The zero-order valence-corrected chi connectivity index (χ0v) is 11.6. The number of rotatable bonds is 12. The number of unbranched alkanes of at least 4 members (excludes halogenated alkanes) is 2. The molecule has 0 aromatic rings. The van der Waals surface area contributed by atoms with Gasteiger partial charge in [-0.3, -0.25) is 4.79 Å². The van der Waals surface area contributed by atoms with Crippen molar-refractivity contribution < 1.29 is 15.0 Å². The molecule has 0 aromatic heterocycles. The maximum absolute atomic E-state index is 11.5. The fraction of sp³-hybridized carbons (Fsp3) is 0.800. The van der Waals surface area contributed by atoms with Crippen LogP contribution in [0.4, 0.5) is 0 Å². The SMILES string of the molecule is CCCCC(O)CCCC(=O)CCC/C=C/CO. The van der Waals surface area contributed by atoms with Gasteiger partial charge in [0.25, 0.3) is 0 Å². The van der Waals surface area contributed by atoms with E-state index >= 15 is 0 Å². The van der Waals surface area contributed by atoms with E-state index in [1.54, 1.807) is 6.08 Å². The average molecular weight is 256 g/mol. The molecule has 106 valence electrons. The van der Waals surface area contributed by atoms with Gasteiger partial charge in [-0.1, -0.05) is 31.9 Å². The van der Waals surface area contributed by atoms with E-state index in [1.165, 1.54) is 0 Å². The third-order valence-corrected chi connectivity index (χ3v) is 2.98. The average Bonchev–Trinajstić information content (AvgIpc) is 2.36. The minimum atomic E-state index is -0.231. The molecule has 0 aliphatic heterocycles. The van der Waals surface area contributed by atoms with Crippen LogP contribution >= 0.6 is 0 Å². The quantitative estimate of drug-likeness (QED) is 0.417. The number of carbonyl (C=O) groups excluding carboxylic acids is 1. The third kappa shape index (κ3) is 11.8. The number of carbonyl (C=O) groups is 1. The van der Waals surface area contributed by atoms with Crippen molar-refractivity contribution in [2.45, 2.75) is 70.8 Å². The molecule has 3 nitrogen and oxygen atoms in total. The summed E-state index contributed by atoms with van der Waals surface area (Å²) in [6.07, 6.45) is 10.9. The van der Waals surface area contributed by atoms with Crippen molar-refractivity contribution >= 4 is 5.78 Å². The predicted octanol–water partition coefficient (Wildman–Crippen LogP) is 3.00. The summed E-state index contributed by atoms with van der Waals surface area (Å²) in [5.41, 5.74) is 0. The molecule has 1 unspecified atom stereocenters. The second kappa shape index (κ2) is 12.8. The van der Waals surface area contributed by atoms with Gasteiger partial charge in [-0.25, -0.2) is 0 Å². The number of hydrogen-bond donors (Lipinski definition) is 2. The van der Waals surface area contributed by atoms with Crippen molar-refractivity contribution in [3.05, 3.63) is 12.2 Å². The molecule has 0 rings (SSSR count). The summed E-state index contributed by atoms with van der Waals surface area (Å²) < 4.78 is 0. The summed E-state index contributed by atoms with van der Waals surface area (Å²) in [6.45, 7) is 2.19. The molecule has 18 heavy (non-hydrogen) atoms. The Kier molecular flexibility index (Phi) is 12.3. The third-order valence-electron chi connectivity index (χ3n) is 2.98. The Morgan fingerprint density at radius 3 is 2.44 bits per heavy atom. The molecule has 0 bridgehead atoms. The minimum Gasteiger partial charge on any atom is -0.393 e. The van der Waals surface area contributed by atoms with Crippen LogP contribution in [0.1, 0.15) is 64.7 Å². The van der Waals surface area contributed by atoms with Crippen LogP contribution in [0.3, 0.4) is 0 Å². The van der Waals surface area contributed by atoms with Gasteiger partial charge in [-0.2, -0.15) is 0 Å².